The topological polar surface area (TPSA) is 105 Å². The summed E-state index contributed by atoms with van der Waals surface area (Å²) < 4.78 is -0.0268. The van der Waals surface area contributed by atoms with Gasteiger partial charge in [-0.1, -0.05) is 13.8 Å². The molecule has 1 rings (SSSR count). The van der Waals surface area contributed by atoms with Crippen LogP contribution in [0.25, 0.3) is 0 Å². The van der Waals surface area contributed by atoms with Gasteiger partial charge in [0.05, 0.1) is 10.5 Å². The third-order valence-electron chi connectivity index (χ3n) is 3.61. The van der Waals surface area contributed by atoms with Gasteiger partial charge in [0.1, 0.15) is 0 Å². The Morgan fingerprint density at radius 3 is 2.57 bits per heavy atom. The first-order chi connectivity index (χ1) is 9.89. The number of aromatic carboxylic acids is 1. The summed E-state index contributed by atoms with van der Waals surface area (Å²) in [7, 11) is 0. The number of hydrogen-bond acceptors (Lipinski definition) is 6. The highest BCUT2D eigenvalue weighted by Gasteiger charge is 2.27. The van der Waals surface area contributed by atoms with Crippen molar-refractivity contribution in [2.45, 2.75) is 31.4 Å². The van der Waals surface area contributed by atoms with Gasteiger partial charge in [0.25, 0.3) is 0 Å². The summed E-state index contributed by atoms with van der Waals surface area (Å²) in [4.78, 5) is 25.2. The van der Waals surface area contributed by atoms with E-state index >= 15 is 0 Å². The van der Waals surface area contributed by atoms with Crippen molar-refractivity contribution >= 4 is 29.2 Å². The molecule has 0 bridgehead atoms. The van der Waals surface area contributed by atoms with Gasteiger partial charge in [0, 0.05) is 23.6 Å². The van der Waals surface area contributed by atoms with Gasteiger partial charge < -0.3 is 10.4 Å². The molecule has 21 heavy (non-hydrogen) atoms. The van der Waals surface area contributed by atoms with E-state index in [-0.39, 0.29) is 21.8 Å². The summed E-state index contributed by atoms with van der Waals surface area (Å²) in [6, 6.07) is 1.02. The minimum absolute atomic E-state index is 0.0268. The number of thioether (sulfide) groups is 1. The second kappa shape index (κ2) is 7.26. The number of pyridine rings is 1. The molecule has 116 valence electrons. The largest absolute Gasteiger partial charge is 0.478 e. The number of hydrogen-bond donors (Lipinski definition) is 2. The maximum atomic E-state index is 11.1. The van der Waals surface area contributed by atoms with Crippen LogP contribution in [-0.4, -0.2) is 38.5 Å². The summed E-state index contributed by atoms with van der Waals surface area (Å²) in [5, 5.41) is 22.9. The summed E-state index contributed by atoms with van der Waals surface area (Å²) in [6.07, 6.45) is 4.96. The van der Waals surface area contributed by atoms with Gasteiger partial charge >= 0.3 is 11.7 Å². The molecule has 0 aliphatic heterocycles. The standard InChI is InChI=1S/C13H19N3O4S/c1-4-13(5-2,21-3)8-15-11-10(16(19)20)6-9(7-14-11)12(17)18/h6-7H,4-5,8H2,1-3H3,(H,14,15)(H,17,18). The molecule has 1 aromatic rings. The Labute approximate surface area is 127 Å². The van der Waals surface area contributed by atoms with Gasteiger partial charge in [0.2, 0.25) is 5.82 Å². The molecule has 0 saturated carbocycles. The molecule has 0 aliphatic carbocycles. The lowest BCUT2D eigenvalue weighted by Gasteiger charge is -2.29. The average molecular weight is 313 g/mol. The van der Waals surface area contributed by atoms with Gasteiger partial charge in [-0.2, -0.15) is 11.8 Å². The molecule has 7 nitrogen and oxygen atoms in total. The van der Waals surface area contributed by atoms with Gasteiger partial charge in [0.15, 0.2) is 0 Å². The minimum atomic E-state index is -1.24. The quantitative estimate of drug-likeness (QED) is 0.561. The highest BCUT2D eigenvalue weighted by molar-refractivity contribution is 8.00. The van der Waals surface area contributed by atoms with Crippen molar-refractivity contribution in [2.24, 2.45) is 0 Å². The Hall–Kier alpha value is -1.83. The molecule has 0 atom stereocenters. The summed E-state index contributed by atoms with van der Waals surface area (Å²) in [5.74, 6) is -1.14. The first kappa shape index (κ1) is 17.2. The predicted octanol–water partition coefficient (Wildman–Crippen LogP) is 3.02. The normalized spacial score (nSPS) is 11.2. The Balaban J connectivity index is 3.03. The van der Waals surface area contributed by atoms with Crippen LogP contribution in [-0.2, 0) is 0 Å². The summed E-state index contributed by atoms with van der Waals surface area (Å²) in [5.41, 5.74) is -0.522. The molecule has 0 amide bonds. The number of nitrogens with one attached hydrogen (secondary N) is 1. The van der Waals surface area contributed by atoms with Crippen LogP contribution in [0.5, 0.6) is 0 Å². The number of nitro groups is 1. The van der Waals surface area contributed by atoms with Crippen molar-refractivity contribution in [2.75, 3.05) is 18.1 Å². The van der Waals surface area contributed by atoms with Crippen LogP contribution in [0.3, 0.4) is 0 Å². The third-order valence-corrected chi connectivity index (χ3v) is 5.20. The Bertz CT molecular complexity index is 524. The molecule has 0 aromatic carbocycles. The van der Waals surface area contributed by atoms with Crippen molar-refractivity contribution in [3.63, 3.8) is 0 Å². The van der Waals surface area contributed by atoms with Gasteiger partial charge in [-0.15, -0.1) is 0 Å². The first-order valence-corrected chi connectivity index (χ1v) is 7.78. The van der Waals surface area contributed by atoms with Crippen LogP contribution < -0.4 is 5.32 Å². The van der Waals surface area contributed by atoms with E-state index in [0.29, 0.717) is 6.54 Å². The molecule has 1 heterocycles. The second-order valence-electron chi connectivity index (χ2n) is 4.60. The van der Waals surface area contributed by atoms with E-state index in [1.807, 2.05) is 6.26 Å². The Morgan fingerprint density at radius 1 is 1.52 bits per heavy atom. The van der Waals surface area contributed by atoms with Crippen LogP contribution in [0.15, 0.2) is 12.3 Å². The van der Waals surface area contributed by atoms with E-state index in [4.69, 9.17) is 5.11 Å². The molecule has 0 saturated heterocycles. The summed E-state index contributed by atoms with van der Waals surface area (Å²) >= 11 is 1.70. The molecule has 2 N–H and O–H groups in total. The van der Waals surface area contributed by atoms with Gasteiger partial charge in [-0.25, -0.2) is 9.78 Å². The zero-order valence-corrected chi connectivity index (χ0v) is 13.1. The fourth-order valence-corrected chi connectivity index (χ4v) is 2.74. The molecule has 0 aliphatic rings. The summed E-state index contributed by atoms with van der Waals surface area (Å²) in [6.45, 7) is 4.66. The Morgan fingerprint density at radius 2 is 2.14 bits per heavy atom. The van der Waals surface area contributed by atoms with Crippen LogP contribution in [0.1, 0.15) is 37.0 Å². The number of carboxylic acids is 1. The third kappa shape index (κ3) is 4.07. The fourth-order valence-electron chi connectivity index (χ4n) is 1.95. The molecule has 8 heteroatoms. The lowest BCUT2D eigenvalue weighted by atomic mass is 10.0. The van der Waals surface area contributed by atoms with Crippen LogP contribution >= 0.6 is 11.8 Å². The first-order valence-electron chi connectivity index (χ1n) is 6.56. The fraction of sp³-hybridized carbons (Fsp3) is 0.538. The van der Waals surface area contributed by atoms with Crippen molar-refractivity contribution < 1.29 is 14.8 Å². The monoisotopic (exact) mass is 313 g/mol. The Kier molecular flexibility index (Phi) is 5.95. The minimum Gasteiger partial charge on any atom is -0.478 e. The molecular weight excluding hydrogens is 294 g/mol. The van der Waals surface area contributed by atoms with E-state index in [1.165, 1.54) is 0 Å². The number of nitrogens with zero attached hydrogens (tertiary/aromatic N) is 2. The SMILES string of the molecule is CCC(CC)(CNc1ncc(C(=O)O)cc1[N+](=O)[O-])SC. The number of rotatable bonds is 8. The van der Waals surface area contributed by atoms with Crippen LogP contribution in [0.2, 0.25) is 0 Å². The van der Waals surface area contributed by atoms with Crippen LogP contribution in [0.4, 0.5) is 11.5 Å². The average Bonchev–Trinajstić information content (AvgIpc) is 2.49. The zero-order chi connectivity index (χ0) is 16.0. The van der Waals surface area contributed by atoms with Crippen molar-refractivity contribution in [1.29, 1.82) is 0 Å². The smallest absolute Gasteiger partial charge is 0.337 e. The number of anilines is 1. The highest BCUT2D eigenvalue weighted by atomic mass is 32.2. The van der Waals surface area contributed by atoms with E-state index in [2.05, 4.69) is 24.1 Å². The molecule has 0 spiro atoms. The number of aromatic nitrogens is 1. The maximum Gasteiger partial charge on any atom is 0.337 e. The van der Waals surface area contributed by atoms with E-state index < -0.39 is 10.9 Å². The molecular formula is C13H19N3O4S. The van der Waals surface area contributed by atoms with Crippen molar-refractivity contribution in [3.8, 4) is 0 Å². The van der Waals surface area contributed by atoms with Crippen molar-refractivity contribution in [3.05, 3.63) is 27.9 Å². The zero-order valence-electron chi connectivity index (χ0n) is 12.3. The van der Waals surface area contributed by atoms with E-state index in [0.717, 1.165) is 25.1 Å². The van der Waals surface area contributed by atoms with Gasteiger partial charge in [-0.05, 0) is 19.1 Å². The molecule has 0 unspecified atom stereocenters. The molecule has 0 radical (unpaired) electrons. The second-order valence-corrected chi connectivity index (χ2v) is 5.88. The predicted molar refractivity (Wildman–Crippen MR) is 83.2 cm³/mol. The maximum absolute atomic E-state index is 11.1. The molecule has 0 fully saturated rings. The van der Waals surface area contributed by atoms with Crippen LogP contribution in [0, 0.1) is 10.1 Å². The van der Waals surface area contributed by atoms with Crippen molar-refractivity contribution in [1.82, 2.24) is 4.98 Å². The lowest BCUT2D eigenvalue weighted by Crippen LogP contribution is -2.32. The molecule has 1 aromatic heterocycles. The highest BCUT2D eigenvalue weighted by Crippen LogP contribution is 2.32. The van der Waals surface area contributed by atoms with E-state index in [9.17, 15) is 14.9 Å². The van der Waals surface area contributed by atoms with Gasteiger partial charge in [-0.3, -0.25) is 10.1 Å². The lowest BCUT2D eigenvalue weighted by molar-refractivity contribution is -0.384. The number of carbonyl (C=O) groups is 1. The number of carboxylic acid groups (broad SMARTS) is 1. The van der Waals surface area contributed by atoms with E-state index in [1.54, 1.807) is 11.8 Å².